The van der Waals surface area contributed by atoms with Gasteiger partial charge in [0.2, 0.25) is 0 Å². The summed E-state index contributed by atoms with van der Waals surface area (Å²) in [5.74, 6) is 0.500. The maximum atomic E-state index is 9.71. The molecule has 0 aromatic heterocycles. The Labute approximate surface area is 147 Å². The zero-order chi connectivity index (χ0) is 16.7. The number of rotatable bonds is 2. The molecule has 1 saturated heterocycles. The second-order valence-corrected chi connectivity index (χ2v) is 7.11. The molecule has 2 N–H and O–H groups in total. The summed E-state index contributed by atoms with van der Waals surface area (Å²) in [6, 6.07) is 12.3. The number of phenolic OH excluding ortho intramolecular Hbond substituents is 1. The molecule has 2 aliphatic heterocycles. The minimum absolute atomic E-state index is 0.124. The summed E-state index contributed by atoms with van der Waals surface area (Å²) in [5.41, 5.74) is 4.86. The van der Waals surface area contributed by atoms with Crippen molar-refractivity contribution in [2.75, 3.05) is 11.9 Å². The number of aryl methyl sites for hydroxylation is 1. The van der Waals surface area contributed by atoms with Crippen LogP contribution in [-0.2, 0) is 11.2 Å². The smallest absolute Gasteiger partial charge is 0.134 e. The average Bonchev–Trinajstić information content (AvgIpc) is 2.63. The van der Waals surface area contributed by atoms with Crippen molar-refractivity contribution in [2.24, 2.45) is 5.92 Å². The minimum atomic E-state index is 0.124. The van der Waals surface area contributed by atoms with E-state index in [9.17, 15) is 5.11 Å². The number of halogens is 1. The summed E-state index contributed by atoms with van der Waals surface area (Å²) in [7, 11) is 0. The molecular formula is C20H22ClNO2. The number of ether oxygens (including phenoxy) is 1. The monoisotopic (exact) mass is 343 g/mol. The molecule has 1 fully saturated rings. The van der Waals surface area contributed by atoms with Crippen LogP contribution in [0.3, 0.4) is 0 Å². The van der Waals surface area contributed by atoms with Crippen LogP contribution in [0.2, 0.25) is 5.02 Å². The summed E-state index contributed by atoms with van der Waals surface area (Å²) in [5, 5.41) is 13.8. The topological polar surface area (TPSA) is 41.5 Å². The van der Waals surface area contributed by atoms with E-state index in [1.54, 1.807) is 6.07 Å². The van der Waals surface area contributed by atoms with Crippen molar-refractivity contribution in [1.29, 1.82) is 0 Å². The van der Waals surface area contributed by atoms with Crippen molar-refractivity contribution >= 4 is 17.3 Å². The van der Waals surface area contributed by atoms with Gasteiger partial charge in [0, 0.05) is 23.8 Å². The third kappa shape index (κ3) is 2.66. The normalized spacial score (nSPS) is 25.5. The summed E-state index contributed by atoms with van der Waals surface area (Å²) >= 11 is 6.14. The molecule has 0 spiro atoms. The first-order valence-corrected chi connectivity index (χ1v) is 9.04. The zero-order valence-corrected chi connectivity index (χ0v) is 14.5. The molecule has 4 rings (SSSR count). The van der Waals surface area contributed by atoms with Gasteiger partial charge in [0.05, 0.1) is 17.2 Å². The van der Waals surface area contributed by atoms with E-state index >= 15 is 0 Å². The van der Waals surface area contributed by atoms with Gasteiger partial charge in [0.15, 0.2) is 0 Å². The third-order valence-corrected chi connectivity index (χ3v) is 5.57. The molecule has 3 atom stereocenters. The van der Waals surface area contributed by atoms with Gasteiger partial charge < -0.3 is 15.2 Å². The predicted molar refractivity (Wildman–Crippen MR) is 96.7 cm³/mol. The highest BCUT2D eigenvalue weighted by atomic mass is 35.5. The average molecular weight is 344 g/mol. The Morgan fingerprint density at radius 2 is 2.12 bits per heavy atom. The number of nitrogens with one attached hydrogen (secondary N) is 1. The summed E-state index contributed by atoms with van der Waals surface area (Å²) in [6.07, 6.45) is 3.35. The van der Waals surface area contributed by atoms with E-state index in [0.717, 1.165) is 37.1 Å². The fourth-order valence-electron chi connectivity index (χ4n) is 3.99. The maximum Gasteiger partial charge on any atom is 0.134 e. The van der Waals surface area contributed by atoms with Gasteiger partial charge in [-0.15, -0.1) is 0 Å². The molecule has 0 unspecified atom stereocenters. The lowest BCUT2D eigenvalue weighted by atomic mass is 9.77. The number of aromatic hydroxyl groups is 1. The molecule has 2 aromatic carbocycles. The molecule has 24 heavy (non-hydrogen) atoms. The maximum absolute atomic E-state index is 9.71. The highest BCUT2D eigenvalue weighted by molar-refractivity contribution is 6.32. The van der Waals surface area contributed by atoms with E-state index in [4.69, 9.17) is 16.3 Å². The van der Waals surface area contributed by atoms with Crippen LogP contribution in [0.15, 0.2) is 36.4 Å². The number of hydrogen-bond donors (Lipinski definition) is 2. The Balaban J connectivity index is 1.77. The first-order valence-electron chi connectivity index (χ1n) is 8.66. The Bertz CT molecular complexity index is 761. The van der Waals surface area contributed by atoms with Crippen molar-refractivity contribution in [3.05, 3.63) is 58.1 Å². The van der Waals surface area contributed by atoms with Crippen molar-refractivity contribution in [3.8, 4) is 5.75 Å². The molecule has 3 nitrogen and oxygen atoms in total. The molecule has 0 aliphatic carbocycles. The van der Waals surface area contributed by atoms with Crippen molar-refractivity contribution in [2.45, 2.75) is 38.3 Å². The highest BCUT2D eigenvalue weighted by Gasteiger charge is 2.39. The number of benzene rings is 2. The fourth-order valence-corrected chi connectivity index (χ4v) is 4.18. The van der Waals surface area contributed by atoms with Gasteiger partial charge in [-0.05, 0) is 48.6 Å². The molecule has 0 saturated carbocycles. The predicted octanol–water partition coefficient (Wildman–Crippen LogP) is 5.24. The lowest BCUT2D eigenvalue weighted by Crippen LogP contribution is -2.36. The molecule has 0 bridgehead atoms. The van der Waals surface area contributed by atoms with Gasteiger partial charge in [-0.2, -0.15) is 0 Å². The van der Waals surface area contributed by atoms with Crippen LogP contribution in [0, 0.1) is 5.92 Å². The third-order valence-electron chi connectivity index (χ3n) is 5.27. The largest absolute Gasteiger partial charge is 0.506 e. The zero-order valence-electron chi connectivity index (χ0n) is 13.8. The van der Waals surface area contributed by atoms with Crippen LogP contribution in [0.1, 0.15) is 48.6 Å². The quantitative estimate of drug-likeness (QED) is 0.783. The fraction of sp³-hybridized carbons (Fsp3) is 0.400. The molecule has 0 radical (unpaired) electrons. The van der Waals surface area contributed by atoms with Crippen molar-refractivity contribution in [3.63, 3.8) is 0 Å². The van der Waals surface area contributed by atoms with Gasteiger partial charge in [-0.3, -0.25) is 0 Å². The van der Waals surface area contributed by atoms with E-state index in [1.165, 1.54) is 11.1 Å². The van der Waals surface area contributed by atoms with Crippen LogP contribution in [0.25, 0.3) is 0 Å². The highest BCUT2D eigenvalue weighted by Crippen LogP contribution is 2.49. The van der Waals surface area contributed by atoms with Crippen LogP contribution >= 0.6 is 11.6 Å². The minimum Gasteiger partial charge on any atom is -0.506 e. The van der Waals surface area contributed by atoms with E-state index in [1.807, 2.05) is 12.1 Å². The first kappa shape index (κ1) is 15.8. The number of hydrogen-bond acceptors (Lipinski definition) is 3. The van der Waals surface area contributed by atoms with E-state index in [2.05, 4.69) is 30.4 Å². The Morgan fingerprint density at radius 1 is 1.25 bits per heavy atom. The second kappa shape index (κ2) is 6.30. The van der Waals surface area contributed by atoms with E-state index in [0.29, 0.717) is 10.9 Å². The van der Waals surface area contributed by atoms with Crippen LogP contribution in [0.4, 0.5) is 5.69 Å². The van der Waals surface area contributed by atoms with E-state index in [-0.39, 0.29) is 17.9 Å². The summed E-state index contributed by atoms with van der Waals surface area (Å²) < 4.78 is 6.19. The van der Waals surface area contributed by atoms with Crippen LogP contribution < -0.4 is 5.32 Å². The molecule has 2 heterocycles. The Kier molecular flexibility index (Phi) is 4.15. The lowest BCUT2D eigenvalue weighted by Gasteiger charge is -2.43. The first-order chi connectivity index (χ1) is 11.7. The number of phenols is 1. The molecule has 0 amide bonds. The lowest BCUT2D eigenvalue weighted by molar-refractivity contribution is -0.0381. The van der Waals surface area contributed by atoms with E-state index < -0.39 is 0 Å². The Morgan fingerprint density at radius 3 is 2.92 bits per heavy atom. The Hall–Kier alpha value is -1.71. The molecule has 2 aliphatic rings. The van der Waals surface area contributed by atoms with Crippen LogP contribution in [0.5, 0.6) is 5.75 Å². The van der Waals surface area contributed by atoms with Gasteiger partial charge in [0.25, 0.3) is 0 Å². The SMILES string of the molecule is CCc1ccc2c(c1)[C@H]1OCCC[C@H]1[C@@H](c1ccc(O)c(Cl)c1)N2. The van der Waals surface area contributed by atoms with Gasteiger partial charge in [-0.25, -0.2) is 0 Å². The summed E-state index contributed by atoms with van der Waals surface area (Å²) in [6.45, 7) is 3.00. The standard InChI is InChI=1S/C20H22ClNO2/c1-2-12-5-7-17-15(10-12)20-14(4-3-9-24-20)19(22-17)13-6-8-18(23)16(21)11-13/h5-8,10-11,14,19-20,22-23H,2-4,9H2,1H3/t14-,19+,20-/m0/s1. The van der Waals surface area contributed by atoms with Crippen molar-refractivity contribution < 1.29 is 9.84 Å². The molecular weight excluding hydrogens is 322 g/mol. The van der Waals surface area contributed by atoms with Gasteiger partial charge in [0.1, 0.15) is 5.75 Å². The van der Waals surface area contributed by atoms with Crippen molar-refractivity contribution in [1.82, 2.24) is 0 Å². The molecule has 4 heteroatoms. The molecule has 126 valence electrons. The number of fused-ring (bicyclic) bond motifs is 3. The number of anilines is 1. The van der Waals surface area contributed by atoms with Crippen LogP contribution in [-0.4, -0.2) is 11.7 Å². The van der Waals surface area contributed by atoms with Gasteiger partial charge in [-0.1, -0.05) is 36.7 Å². The summed E-state index contributed by atoms with van der Waals surface area (Å²) in [4.78, 5) is 0. The van der Waals surface area contributed by atoms with Gasteiger partial charge >= 0.3 is 0 Å². The molecule has 2 aromatic rings. The second-order valence-electron chi connectivity index (χ2n) is 6.71.